The number of unbranched alkanes of at least 4 members (excludes halogenated alkanes) is 10. The fourth-order valence-corrected chi connectivity index (χ4v) is 3.05. The first-order valence-electron chi connectivity index (χ1n) is 10.9. The first-order valence-corrected chi connectivity index (χ1v) is 10.9. The third kappa shape index (κ3) is 14.3. The second-order valence-electron chi connectivity index (χ2n) is 7.68. The highest BCUT2D eigenvalue weighted by Gasteiger charge is 2.11. The zero-order valence-corrected chi connectivity index (χ0v) is 18.2. The summed E-state index contributed by atoms with van der Waals surface area (Å²) in [6.07, 6.45) is 14.7. The van der Waals surface area contributed by atoms with Crippen LogP contribution in [0.5, 0.6) is 0 Å². The van der Waals surface area contributed by atoms with Crippen molar-refractivity contribution in [2.75, 3.05) is 20.6 Å². The molecule has 158 valence electrons. The van der Waals surface area contributed by atoms with Gasteiger partial charge in [0, 0.05) is 40.4 Å². The molecule has 0 aliphatic carbocycles. The van der Waals surface area contributed by atoms with E-state index in [1.165, 1.54) is 57.4 Å². The second-order valence-corrected chi connectivity index (χ2v) is 7.68. The molecule has 0 aliphatic rings. The van der Waals surface area contributed by atoms with Crippen LogP contribution in [0.25, 0.3) is 0 Å². The molecule has 0 saturated heterocycles. The number of carbonyl (C=O) groups excluding carboxylic acids is 3. The van der Waals surface area contributed by atoms with E-state index in [0.717, 1.165) is 45.1 Å². The van der Waals surface area contributed by atoms with Crippen LogP contribution in [0.4, 0.5) is 0 Å². The molecule has 0 bridgehead atoms. The summed E-state index contributed by atoms with van der Waals surface area (Å²) in [5.41, 5.74) is 0. The lowest BCUT2D eigenvalue weighted by atomic mass is 10.1. The number of hydrogen-bond acceptors (Lipinski definition) is 3. The van der Waals surface area contributed by atoms with Crippen molar-refractivity contribution in [3.05, 3.63) is 0 Å². The standard InChI is InChI=1S/C22H42N2O3/c1-5-6-7-8-9-11-14-17-21(26)23(3)19-16-13-10-12-15-18-22(27)24(4)20(2)25/h5-19H2,1-4H3. The Hall–Kier alpha value is -1.39. The highest BCUT2D eigenvalue weighted by atomic mass is 16.2. The quantitative estimate of drug-likeness (QED) is 0.356. The average molecular weight is 383 g/mol. The minimum atomic E-state index is -0.204. The van der Waals surface area contributed by atoms with Gasteiger partial charge in [-0.05, 0) is 19.3 Å². The molecule has 0 fully saturated rings. The normalized spacial score (nSPS) is 10.7. The maximum atomic E-state index is 12.1. The summed E-state index contributed by atoms with van der Waals surface area (Å²) in [5, 5.41) is 0. The van der Waals surface area contributed by atoms with E-state index < -0.39 is 0 Å². The third-order valence-corrected chi connectivity index (χ3v) is 5.15. The zero-order valence-electron chi connectivity index (χ0n) is 18.2. The van der Waals surface area contributed by atoms with Crippen LogP contribution in [0, 0.1) is 0 Å². The number of nitrogens with zero attached hydrogens (tertiary/aromatic N) is 2. The zero-order chi connectivity index (χ0) is 20.5. The van der Waals surface area contributed by atoms with E-state index >= 15 is 0 Å². The lowest BCUT2D eigenvalue weighted by molar-refractivity contribution is -0.141. The van der Waals surface area contributed by atoms with Crippen LogP contribution in [0.1, 0.15) is 104 Å². The molecule has 0 spiro atoms. The highest BCUT2D eigenvalue weighted by Crippen LogP contribution is 2.10. The molecule has 0 saturated carbocycles. The van der Waals surface area contributed by atoms with Crippen LogP contribution in [0.15, 0.2) is 0 Å². The van der Waals surface area contributed by atoms with Crippen LogP contribution in [-0.4, -0.2) is 48.2 Å². The molecule has 0 aromatic rings. The highest BCUT2D eigenvalue weighted by molar-refractivity contribution is 5.93. The predicted octanol–water partition coefficient (Wildman–Crippen LogP) is 4.93. The van der Waals surface area contributed by atoms with Gasteiger partial charge in [0.15, 0.2) is 0 Å². The minimum absolute atomic E-state index is 0.0989. The molecule has 0 heterocycles. The number of rotatable bonds is 16. The Morgan fingerprint density at radius 2 is 1.07 bits per heavy atom. The van der Waals surface area contributed by atoms with Gasteiger partial charge >= 0.3 is 0 Å². The second kappa shape index (κ2) is 16.8. The molecule has 0 N–H and O–H groups in total. The van der Waals surface area contributed by atoms with Crippen LogP contribution in [0.3, 0.4) is 0 Å². The van der Waals surface area contributed by atoms with Crippen LogP contribution in [-0.2, 0) is 14.4 Å². The number of imide groups is 1. The predicted molar refractivity (Wildman–Crippen MR) is 111 cm³/mol. The summed E-state index contributed by atoms with van der Waals surface area (Å²) in [6.45, 7) is 4.45. The molecule has 5 heteroatoms. The van der Waals surface area contributed by atoms with Gasteiger partial charge < -0.3 is 4.90 Å². The van der Waals surface area contributed by atoms with Crippen LogP contribution < -0.4 is 0 Å². The molecule has 27 heavy (non-hydrogen) atoms. The summed E-state index contributed by atoms with van der Waals surface area (Å²) in [6, 6.07) is 0. The van der Waals surface area contributed by atoms with Gasteiger partial charge in [0.25, 0.3) is 0 Å². The molecule has 3 amide bonds. The van der Waals surface area contributed by atoms with Gasteiger partial charge in [-0.25, -0.2) is 0 Å². The fourth-order valence-electron chi connectivity index (χ4n) is 3.05. The van der Waals surface area contributed by atoms with E-state index in [0.29, 0.717) is 12.8 Å². The first kappa shape index (κ1) is 25.6. The van der Waals surface area contributed by atoms with Gasteiger partial charge in [-0.1, -0.05) is 64.7 Å². The molecule has 5 nitrogen and oxygen atoms in total. The Kier molecular flexibility index (Phi) is 15.9. The molecular formula is C22H42N2O3. The van der Waals surface area contributed by atoms with Crippen LogP contribution in [0.2, 0.25) is 0 Å². The van der Waals surface area contributed by atoms with Crippen molar-refractivity contribution in [1.82, 2.24) is 9.80 Å². The van der Waals surface area contributed by atoms with E-state index in [-0.39, 0.29) is 17.7 Å². The van der Waals surface area contributed by atoms with Gasteiger partial charge in [-0.3, -0.25) is 19.3 Å². The van der Waals surface area contributed by atoms with Gasteiger partial charge in [-0.15, -0.1) is 0 Å². The first-order chi connectivity index (χ1) is 12.9. The van der Waals surface area contributed by atoms with E-state index in [4.69, 9.17) is 0 Å². The molecule has 0 unspecified atom stereocenters. The monoisotopic (exact) mass is 382 g/mol. The van der Waals surface area contributed by atoms with E-state index in [1.54, 1.807) is 0 Å². The van der Waals surface area contributed by atoms with E-state index in [1.807, 2.05) is 11.9 Å². The summed E-state index contributed by atoms with van der Waals surface area (Å²) in [5.74, 6) is -0.0381. The largest absolute Gasteiger partial charge is 0.346 e. The molecule has 0 rings (SSSR count). The Labute approximate surface area is 166 Å². The lowest BCUT2D eigenvalue weighted by Crippen LogP contribution is -2.30. The molecular weight excluding hydrogens is 340 g/mol. The van der Waals surface area contributed by atoms with E-state index in [2.05, 4.69) is 6.92 Å². The topological polar surface area (TPSA) is 57.7 Å². The Morgan fingerprint density at radius 3 is 1.59 bits per heavy atom. The summed E-state index contributed by atoms with van der Waals surface area (Å²) in [7, 11) is 3.43. The van der Waals surface area contributed by atoms with Gasteiger partial charge in [0.2, 0.25) is 17.7 Å². The Bertz CT molecular complexity index is 424. The molecule has 0 aliphatic heterocycles. The van der Waals surface area contributed by atoms with Crippen molar-refractivity contribution < 1.29 is 14.4 Å². The molecule has 0 atom stereocenters. The van der Waals surface area contributed by atoms with Crippen molar-refractivity contribution in [2.45, 2.75) is 104 Å². The SMILES string of the molecule is CCCCCCCCCC(=O)N(C)CCCCCCCC(=O)N(C)C(C)=O. The number of amides is 3. The van der Waals surface area contributed by atoms with Crippen molar-refractivity contribution in [3.63, 3.8) is 0 Å². The van der Waals surface area contributed by atoms with Crippen molar-refractivity contribution in [3.8, 4) is 0 Å². The lowest BCUT2D eigenvalue weighted by Gasteiger charge is -2.17. The van der Waals surface area contributed by atoms with Crippen molar-refractivity contribution in [1.29, 1.82) is 0 Å². The van der Waals surface area contributed by atoms with Crippen LogP contribution >= 0.6 is 0 Å². The number of hydrogen-bond donors (Lipinski definition) is 0. The van der Waals surface area contributed by atoms with E-state index in [9.17, 15) is 14.4 Å². The van der Waals surface area contributed by atoms with Gasteiger partial charge in [0.1, 0.15) is 0 Å². The third-order valence-electron chi connectivity index (χ3n) is 5.15. The Balaban J connectivity index is 3.54. The van der Waals surface area contributed by atoms with Gasteiger partial charge in [-0.2, -0.15) is 0 Å². The molecule has 0 radical (unpaired) electrons. The summed E-state index contributed by atoms with van der Waals surface area (Å²) in [4.78, 5) is 37.9. The minimum Gasteiger partial charge on any atom is -0.346 e. The summed E-state index contributed by atoms with van der Waals surface area (Å²) >= 11 is 0. The maximum absolute atomic E-state index is 12.1. The van der Waals surface area contributed by atoms with Crippen molar-refractivity contribution >= 4 is 17.7 Å². The van der Waals surface area contributed by atoms with Gasteiger partial charge in [0.05, 0.1) is 0 Å². The fraction of sp³-hybridized carbons (Fsp3) is 0.864. The maximum Gasteiger partial charge on any atom is 0.228 e. The Morgan fingerprint density at radius 1 is 0.630 bits per heavy atom. The smallest absolute Gasteiger partial charge is 0.228 e. The number of carbonyl (C=O) groups is 3. The molecule has 0 aromatic heterocycles. The van der Waals surface area contributed by atoms with Crippen molar-refractivity contribution in [2.24, 2.45) is 0 Å². The average Bonchev–Trinajstić information content (AvgIpc) is 2.65. The summed E-state index contributed by atoms with van der Waals surface area (Å²) < 4.78 is 0. The molecule has 0 aromatic carbocycles.